The highest BCUT2D eigenvalue weighted by Crippen LogP contribution is 2.36. The Morgan fingerprint density at radius 2 is 1.83 bits per heavy atom. The molecule has 2 aromatic rings. The molecule has 4 N–H and O–H groups in total. The number of β-amino-alcohol motifs (C(OH)–C–C–N with tert-alkyl or cyclic N) is 1. The van der Waals surface area contributed by atoms with Gasteiger partial charge < -0.3 is 15.3 Å². The number of alkyl halides is 3. The first-order chi connectivity index (χ1) is 16.7. The molecule has 36 heavy (non-hydrogen) atoms. The number of aliphatic hydroxyl groups excluding tert-OH is 1. The number of aliphatic hydroxyl groups is 1. The van der Waals surface area contributed by atoms with Crippen LogP contribution in [0.2, 0.25) is 0 Å². The maximum atomic E-state index is 13.4. The lowest BCUT2D eigenvalue weighted by molar-refractivity contribution is -0.130. The number of likely N-dealkylation sites (tertiary alicyclic amines) is 1. The molecule has 9 nitrogen and oxygen atoms in total. The Morgan fingerprint density at radius 3 is 2.39 bits per heavy atom. The van der Waals surface area contributed by atoms with Crippen molar-refractivity contribution in [2.45, 2.75) is 45.2 Å². The van der Waals surface area contributed by atoms with Gasteiger partial charge in [-0.2, -0.15) is 13.2 Å². The largest absolute Gasteiger partial charge is 0.501 e. The van der Waals surface area contributed by atoms with Crippen molar-refractivity contribution in [3.63, 3.8) is 0 Å². The van der Waals surface area contributed by atoms with E-state index in [0.29, 0.717) is 19.0 Å². The average Bonchev–Trinajstić information content (AvgIpc) is 3.23. The summed E-state index contributed by atoms with van der Waals surface area (Å²) in [6, 6.07) is 10.2. The normalized spacial score (nSPS) is 17.7. The van der Waals surface area contributed by atoms with Crippen LogP contribution in [0, 0.1) is 0 Å². The van der Waals surface area contributed by atoms with Gasteiger partial charge in [0.05, 0.1) is 16.7 Å². The Bertz CT molecular complexity index is 1310. The Hall–Kier alpha value is -2.33. The predicted molar refractivity (Wildman–Crippen MR) is 127 cm³/mol. The number of primary sulfonamides is 1. The number of hydrogen-bond acceptors (Lipinski definition) is 8. The Balaban J connectivity index is 1.96. The molecule has 2 aromatic carbocycles. The van der Waals surface area contributed by atoms with E-state index in [-0.39, 0.29) is 24.6 Å². The summed E-state index contributed by atoms with van der Waals surface area (Å²) in [5.41, 5.74) is -6.23. The second kappa shape index (κ2) is 11.0. The van der Waals surface area contributed by atoms with E-state index < -0.39 is 53.0 Å². The number of thioether (sulfide) groups is 1. The Morgan fingerprint density at radius 1 is 1.17 bits per heavy atom. The lowest BCUT2D eigenvalue weighted by atomic mass is 10.2. The molecule has 198 valence electrons. The van der Waals surface area contributed by atoms with E-state index in [1.807, 2.05) is 0 Å². The zero-order valence-corrected chi connectivity index (χ0v) is 21.1. The van der Waals surface area contributed by atoms with Crippen LogP contribution in [0.1, 0.15) is 12.8 Å². The quantitative estimate of drug-likeness (QED) is 0.391. The summed E-state index contributed by atoms with van der Waals surface area (Å²) >= 11 is 1.29. The number of hydrogen-bond donors (Lipinski definition) is 3. The zero-order chi connectivity index (χ0) is 26.7. The summed E-state index contributed by atoms with van der Waals surface area (Å²) in [4.78, 5) is 12.9. The molecular formula is C21H24F3N3O6S3. The van der Waals surface area contributed by atoms with E-state index in [2.05, 4.69) is 5.32 Å². The van der Waals surface area contributed by atoms with Gasteiger partial charge in [0.1, 0.15) is 4.90 Å². The standard InChI is InChI=1S/C21H24F3N3O6S3/c22-21(23,24)35(30,31)19-11-17(36(25,32)33)6-7-18(19)26-14(13-34-16-4-2-1-3-5-16)10-20(29)27-9-8-15(28)12-27/h1-7,11,14-15,26,28H,8-10,12-13H2,(H2,25,32,33). The van der Waals surface area contributed by atoms with Gasteiger partial charge in [-0.05, 0) is 36.8 Å². The molecule has 0 radical (unpaired) electrons. The minimum absolute atomic E-state index is 0.119. The third-order valence-electron chi connectivity index (χ3n) is 5.37. The third-order valence-corrected chi connectivity index (χ3v) is 8.98. The average molecular weight is 568 g/mol. The van der Waals surface area contributed by atoms with Crippen molar-refractivity contribution in [1.82, 2.24) is 4.90 Å². The van der Waals surface area contributed by atoms with Crippen molar-refractivity contribution < 1.29 is 39.9 Å². The highest BCUT2D eigenvalue weighted by atomic mass is 32.2. The molecular weight excluding hydrogens is 543 g/mol. The van der Waals surface area contributed by atoms with E-state index in [4.69, 9.17) is 5.14 Å². The maximum Gasteiger partial charge on any atom is 0.501 e. The number of nitrogens with one attached hydrogen (secondary N) is 1. The maximum absolute atomic E-state index is 13.4. The number of nitrogens with zero attached hydrogens (tertiary/aromatic N) is 1. The molecule has 1 fully saturated rings. The second-order valence-electron chi connectivity index (χ2n) is 8.10. The van der Waals surface area contributed by atoms with Gasteiger partial charge in [0, 0.05) is 36.2 Å². The monoisotopic (exact) mass is 567 g/mol. The van der Waals surface area contributed by atoms with Gasteiger partial charge in [-0.3, -0.25) is 4.79 Å². The highest BCUT2D eigenvalue weighted by Gasteiger charge is 2.48. The minimum atomic E-state index is -5.97. The van der Waals surface area contributed by atoms with Crippen LogP contribution < -0.4 is 10.5 Å². The van der Waals surface area contributed by atoms with Gasteiger partial charge in [0.15, 0.2) is 0 Å². The van der Waals surface area contributed by atoms with Crippen LogP contribution >= 0.6 is 11.8 Å². The lowest BCUT2D eigenvalue weighted by Crippen LogP contribution is -2.36. The van der Waals surface area contributed by atoms with Gasteiger partial charge in [0.25, 0.3) is 9.84 Å². The van der Waals surface area contributed by atoms with Crippen LogP contribution in [0.25, 0.3) is 0 Å². The topological polar surface area (TPSA) is 147 Å². The van der Waals surface area contributed by atoms with Crippen molar-refractivity contribution in [2.75, 3.05) is 24.2 Å². The predicted octanol–water partition coefficient (Wildman–Crippen LogP) is 2.18. The molecule has 2 atom stereocenters. The number of nitrogens with two attached hydrogens (primary N) is 1. The molecule has 0 aromatic heterocycles. The fraction of sp³-hybridized carbons (Fsp3) is 0.381. The van der Waals surface area contributed by atoms with Gasteiger partial charge in [-0.15, -0.1) is 11.8 Å². The fourth-order valence-corrected chi connectivity index (χ4v) is 6.05. The first kappa shape index (κ1) is 28.2. The summed E-state index contributed by atoms with van der Waals surface area (Å²) < 4.78 is 88.1. The van der Waals surface area contributed by atoms with Crippen molar-refractivity contribution >= 4 is 43.2 Å². The number of amides is 1. The summed E-state index contributed by atoms with van der Waals surface area (Å²) in [6.07, 6.45) is -0.492. The van der Waals surface area contributed by atoms with Crippen LogP contribution in [0.15, 0.2) is 63.2 Å². The molecule has 1 amide bonds. The molecule has 3 rings (SSSR count). The number of carbonyl (C=O) groups excluding carboxylic acids is 1. The van der Waals surface area contributed by atoms with Gasteiger partial charge in [-0.25, -0.2) is 22.0 Å². The molecule has 0 aliphatic carbocycles. The lowest BCUT2D eigenvalue weighted by Gasteiger charge is -2.24. The molecule has 1 heterocycles. The summed E-state index contributed by atoms with van der Waals surface area (Å²) in [5, 5.41) is 17.4. The number of sulfone groups is 1. The SMILES string of the molecule is NS(=O)(=O)c1ccc(NC(CSc2ccccc2)CC(=O)N2CCC(O)C2)c(S(=O)(=O)C(F)(F)F)c1. The molecule has 0 bridgehead atoms. The smallest absolute Gasteiger partial charge is 0.391 e. The van der Waals surface area contributed by atoms with Crippen LogP contribution in [0.3, 0.4) is 0 Å². The van der Waals surface area contributed by atoms with Crippen LogP contribution in [-0.4, -0.2) is 69.2 Å². The van der Waals surface area contributed by atoms with Crippen LogP contribution in [0.5, 0.6) is 0 Å². The number of anilines is 1. The third kappa shape index (κ3) is 6.91. The zero-order valence-electron chi connectivity index (χ0n) is 18.7. The number of carbonyl (C=O) groups is 1. The summed E-state index contributed by atoms with van der Waals surface area (Å²) in [5.74, 6) is -0.215. The molecule has 2 unspecified atom stereocenters. The van der Waals surface area contributed by atoms with Gasteiger partial charge in [-0.1, -0.05) is 18.2 Å². The fourth-order valence-electron chi connectivity index (χ4n) is 3.54. The van der Waals surface area contributed by atoms with Crippen molar-refractivity contribution in [3.8, 4) is 0 Å². The van der Waals surface area contributed by atoms with Crippen molar-refractivity contribution in [2.24, 2.45) is 5.14 Å². The summed E-state index contributed by atoms with van der Waals surface area (Å²) in [7, 11) is -10.5. The Kier molecular flexibility index (Phi) is 8.60. The molecule has 0 spiro atoms. The van der Waals surface area contributed by atoms with Gasteiger partial charge in [0.2, 0.25) is 15.9 Å². The summed E-state index contributed by atoms with van der Waals surface area (Å²) in [6.45, 7) is 0.434. The van der Waals surface area contributed by atoms with E-state index in [0.717, 1.165) is 17.0 Å². The Labute approximate surface area is 210 Å². The molecule has 1 aliphatic rings. The van der Waals surface area contributed by atoms with Crippen LogP contribution in [-0.2, 0) is 24.7 Å². The minimum Gasteiger partial charge on any atom is -0.391 e. The number of benzene rings is 2. The van der Waals surface area contributed by atoms with E-state index in [1.54, 1.807) is 30.3 Å². The second-order valence-corrected chi connectivity index (χ2v) is 12.7. The number of halogens is 3. The van der Waals surface area contributed by atoms with Gasteiger partial charge >= 0.3 is 5.51 Å². The number of sulfonamides is 1. The number of rotatable bonds is 9. The van der Waals surface area contributed by atoms with E-state index in [1.165, 1.54) is 16.7 Å². The highest BCUT2D eigenvalue weighted by molar-refractivity contribution is 7.99. The molecule has 1 saturated heterocycles. The first-order valence-corrected chi connectivity index (χ1v) is 14.6. The van der Waals surface area contributed by atoms with E-state index >= 15 is 0 Å². The van der Waals surface area contributed by atoms with Crippen LogP contribution in [0.4, 0.5) is 18.9 Å². The molecule has 1 aliphatic heterocycles. The van der Waals surface area contributed by atoms with E-state index in [9.17, 15) is 39.9 Å². The molecule has 15 heteroatoms. The first-order valence-electron chi connectivity index (χ1n) is 10.6. The molecule has 0 saturated carbocycles. The van der Waals surface area contributed by atoms with Crippen molar-refractivity contribution in [3.05, 3.63) is 48.5 Å². The van der Waals surface area contributed by atoms with Crippen molar-refractivity contribution in [1.29, 1.82) is 0 Å².